The van der Waals surface area contributed by atoms with Crippen LogP contribution in [0.5, 0.6) is 0 Å². The fourth-order valence-electron chi connectivity index (χ4n) is 1.78. The van der Waals surface area contributed by atoms with Gasteiger partial charge in [0.05, 0.1) is 10.7 Å². The third-order valence-electron chi connectivity index (χ3n) is 3.24. The molecule has 0 saturated heterocycles. The van der Waals surface area contributed by atoms with E-state index in [1.807, 2.05) is 0 Å². The average molecular weight is 238 g/mol. The number of hydrogen-bond acceptors (Lipinski definition) is 3. The fourth-order valence-corrected chi connectivity index (χ4v) is 2.68. The van der Waals surface area contributed by atoms with Gasteiger partial charge in [-0.15, -0.1) is 11.3 Å². The van der Waals surface area contributed by atoms with E-state index in [9.17, 15) is 0 Å². The molecule has 1 aliphatic carbocycles. The van der Waals surface area contributed by atoms with Crippen LogP contribution in [0.4, 0.5) is 0 Å². The van der Waals surface area contributed by atoms with Crippen molar-refractivity contribution in [2.75, 3.05) is 0 Å². The third-order valence-corrected chi connectivity index (χ3v) is 4.55. The van der Waals surface area contributed by atoms with Gasteiger partial charge in [0, 0.05) is 23.4 Å². The van der Waals surface area contributed by atoms with Gasteiger partial charge < -0.3 is 5.32 Å². The van der Waals surface area contributed by atoms with Gasteiger partial charge in [-0.3, -0.25) is 0 Å². The summed E-state index contributed by atoms with van der Waals surface area (Å²) in [5.74, 6) is 0. The molecule has 1 unspecified atom stereocenters. The second-order valence-corrected chi connectivity index (χ2v) is 7.38. The molecule has 0 aliphatic heterocycles. The molecule has 1 heterocycles. The Morgan fingerprint density at radius 2 is 2.12 bits per heavy atom. The number of aromatic nitrogens is 1. The van der Waals surface area contributed by atoms with E-state index in [-0.39, 0.29) is 5.41 Å². The van der Waals surface area contributed by atoms with Gasteiger partial charge in [-0.05, 0) is 11.8 Å². The zero-order valence-corrected chi connectivity index (χ0v) is 11.7. The Morgan fingerprint density at radius 1 is 1.50 bits per heavy atom. The minimum atomic E-state index is 0.182. The maximum Gasteiger partial charge on any atom is 0.0982 e. The number of nitrogens with zero attached hydrogens (tertiary/aromatic N) is 1. The molecule has 1 saturated carbocycles. The summed E-state index contributed by atoms with van der Waals surface area (Å²) in [4.78, 5) is 4.69. The van der Waals surface area contributed by atoms with E-state index in [1.54, 1.807) is 11.3 Å². The number of rotatable bonds is 3. The lowest BCUT2D eigenvalue weighted by atomic mass is 9.98. The average Bonchev–Trinajstić information content (AvgIpc) is 2.63. The molecule has 90 valence electrons. The Morgan fingerprint density at radius 3 is 2.56 bits per heavy atom. The van der Waals surface area contributed by atoms with Crippen molar-refractivity contribution in [3.8, 4) is 0 Å². The van der Waals surface area contributed by atoms with Crippen LogP contribution in [-0.4, -0.2) is 11.0 Å². The van der Waals surface area contributed by atoms with Gasteiger partial charge >= 0.3 is 0 Å². The first-order chi connectivity index (χ1) is 7.29. The van der Waals surface area contributed by atoms with Crippen LogP contribution in [0.15, 0.2) is 5.38 Å². The van der Waals surface area contributed by atoms with Crippen LogP contribution < -0.4 is 5.32 Å². The molecule has 0 spiro atoms. The van der Waals surface area contributed by atoms with Gasteiger partial charge in [0.2, 0.25) is 0 Å². The van der Waals surface area contributed by atoms with E-state index in [4.69, 9.17) is 0 Å². The Labute approximate surface area is 102 Å². The normalized spacial score (nSPS) is 23.4. The van der Waals surface area contributed by atoms with Gasteiger partial charge in [-0.25, -0.2) is 4.98 Å². The van der Waals surface area contributed by atoms with E-state index < -0.39 is 0 Å². The molecular weight excluding hydrogens is 216 g/mol. The zero-order chi connectivity index (χ0) is 12.0. The van der Waals surface area contributed by atoms with Crippen LogP contribution in [-0.2, 0) is 12.0 Å². The summed E-state index contributed by atoms with van der Waals surface area (Å²) in [7, 11) is 0. The Hall–Kier alpha value is -0.410. The molecule has 3 heteroatoms. The maximum absolute atomic E-state index is 4.69. The largest absolute Gasteiger partial charge is 0.308 e. The van der Waals surface area contributed by atoms with Crippen LogP contribution in [0.2, 0.25) is 0 Å². The molecular formula is C13H22N2S. The highest BCUT2D eigenvalue weighted by Crippen LogP contribution is 2.44. The standard InChI is InChI=1S/C13H22N2S/c1-12(2,3)11-15-9(8-16-11)7-14-10-6-13(10,4)5/h8,10,14H,6-7H2,1-5H3. The zero-order valence-electron chi connectivity index (χ0n) is 10.9. The number of hydrogen-bond donors (Lipinski definition) is 1. The highest BCUT2D eigenvalue weighted by molar-refractivity contribution is 7.09. The van der Waals surface area contributed by atoms with Gasteiger partial charge in [0.15, 0.2) is 0 Å². The van der Waals surface area contributed by atoms with Gasteiger partial charge in [-0.1, -0.05) is 34.6 Å². The molecule has 1 N–H and O–H groups in total. The minimum absolute atomic E-state index is 0.182. The van der Waals surface area contributed by atoms with Crippen LogP contribution in [0.1, 0.15) is 51.7 Å². The quantitative estimate of drug-likeness (QED) is 0.873. The first kappa shape index (κ1) is 12.1. The molecule has 2 nitrogen and oxygen atoms in total. The summed E-state index contributed by atoms with van der Waals surface area (Å²) in [5, 5.41) is 6.99. The predicted molar refractivity (Wildman–Crippen MR) is 69.8 cm³/mol. The molecule has 0 aromatic carbocycles. The first-order valence-electron chi connectivity index (χ1n) is 5.97. The predicted octanol–water partition coefficient (Wildman–Crippen LogP) is 3.33. The lowest BCUT2D eigenvalue weighted by molar-refractivity contribution is 0.535. The van der Waals surface area contributed by atoms with Crippen molar-refractivity contribution in [2.24, 2.45) is 5.41 Å². The summed E-state index contributed by atoms with van der Waals surface area (Å²) in [6.45, 7) is 12.2. The van der Waals surface area contributed by atoms with Crippen LogP contribution in [0, 0.1) is 5.41 Å². The topological polar surface area (TPSA) is 24.9 Å². The minimum Gasteiger partial charge on any atom is -0.308 e. The van der Waals surface area contributed by atoms with Crippen molar-refractivity contribution in [3.63, 3.8) is 0 Å². The summed E-state index contributed by atoms with van der Waals surface area (Å²) < 4.78 is 0. The molecule has 1 aromatic heterocycles. The summed E-state index contributed by atoms with van der Waals surface area (Å²) in [6, 6.07) is 0.687. The van der Waals surface area contributed by atoms with E-state index in [0.29, 0.717) is 11.5 Å². The lowest BCUT2D eigenvalue weighted by Gasteiger charge is -2.13. The first-order valence-corrected chi connectivity index (χ1v) is 6.85. The van der Waals surface area contributed by atoms with Crippen molar-refractivity contribution in [3.05, 3.63) is 16.1 Å². The summed E-state index contributed by atoms with van der Waals surface area (Å²) in [6.07, 6.45) is 1.29. The molecule has 0 bridgehead atoms. The summed E-state index contributed by atoms with van der Waals surface area (Å²) >= 11 is 1.78. The molecule has 2 rings (SSSR count). The fraction of sp³-hybridized carbons (Fsp3) is 0.769. The molecule has 0 amide bonds. The SMILES string of the molecule is CC(C)(C)c1nc(CNC2CC2(C)C)cs1. The number of thiazole rings is 1. The second-order valence-electron chi connectivity index (χ2n) is 6.52. The van der Waals surface area contributed by atoms with Gasteiger partial charge in [0.1, 0.15) is 0 Å². The highest BCUT2D eigenvalue weighted by Gasteiger charge is 2.45. The van der Waals surface area contributed by atoms with Crippen molar-refractivity contribution < 1.29 is 0 Å². The third kappa shape index (κ3) is 2.64. The maximum atomic E-state index is 4.69. The van der Waals surface area contributed by atoms with Crippen molar-refractivity contribution in [1.82, 2.24) is 10.3 Å². The van der Waals surface area contributed by atoms with Crippen LogP contribution in [0.3, 0.4) is 0 Å². The molecule has 16 heavy (non-hydrogen) atoms. The van der Waals surface area contributed by atoms with E-state index in [1.165, 1.54) is 17.1 Å². The molecule has 1 aliphatic rings. The molecule has 1 aromatic rings. The summed E-state index contributed by atoms with van der Waals surface area (Å²) in [5.41, 5.74) is 1.88. The highest BCUT2D eigenvalue weighted by atomic mass is 32.1. The smallest absolute Gasteiger partial charge is 0.0982 e. The molecule has 0 radical (unpaired) electrons. The number of nitrogens with one attached hydrogen (secondary N) is 1. The van der Waals surface area contributed by atoms with E-state index in [0.717, 1.165) is 6.54 Å². The molecule has 1 atom stereocenters. The Balaban J connectivity index is 1.89. The van der Waals surface area contributed by atoms with Gasteiger partial charge in [-0.2, -0.15) is 0 Å². The van der Waals surface area contributed by atoms with Crippen LogP contribution in [0.25, 0.3) is 0 Å². The van der Waals surface area contributed by atoms with E-state index >= 15 is 0 Å². The van der Waals surface area contributed by atoms with Crippen LogP contribution >= 0.6 is 11.3 Å². The van der Waals surface area contributed by atoms with Crippen molar-refractivity contribution in [2.45, 2.75) is 59.0 Å². The van der Waals surface area contributed by atoms with Crippen molar-refractivity contribution in [1.29, 1.82) is 0 Å². The molecule has 1 fully saturated rings. The van der Waals surface area contributed by atoms with Crippen molar-refractivity contribution >= 4 is 11.3 Å². The monoisotopic (exact) mass is 238 g/mol. The Bertz CT molecular complexity index is 374. The van der Waals surface area contributed by atoms with E-state index in [2.05, 4.69) is 50.3 Å². The van der Waals surface area contributed by atoms with Gasteiger partial charge in [0.25, 0.3) is 0 Å². The lowest BCUT2D eigenvalue weighted by Crippen LogP contribution is -2.20. The second kappa shape index (κ2) is 3.81. The Kier molecular flexibility index (Phi) is 2.87.